The van der Waals surface area contributed by atoms with Crippen molar-refractivity contribution in [1.29, 1.82) is 0 Å². The number of nitrogens with zero attached hydrogens (tertiary/aromatic N) is 2. The molecule has 0 aliphatic heterocycles. The summed E-state index contributed by atoms with van der Waals surface area (Å²) in [6.07, 6.45) is 7.88. The van der Waals surface area contributed by atoms with Crippen molar-refractivity contribution in [2.75, 3.05) is 0 Å². The highest BCUT2D eigenvalue weighted by molar-refractivity contribution is 5.61. The maximum Gasteiger partial charge on any atom is 0.169 e. The van der Waals surface area contributed by atoms with Crippen LogP contribution in [0.3, 0.4) is 0 Å². The van der Waals surface area contributed by atoms with Gasteiger partial charge in [0.1, 0.15) is 7.05 Å². The molecule has 2 heterocycles. The van der Waals surface area contributed by atoms with Crippen LogP contribution in [-0.2, 0) is 7.05 Å². The quantitative estimate of drug-likeness (QED) is 0.633. The lowest BCUT2D eigenvalue weighted by Gasteiger charge is -2.02. The molecule has 0 aliphatic rings. The fourth-order valence-corrected chi connectivity index (χ4v) is 1.47. The van der Waals surface area contributed by atoms with Gasteiger partial charge in [-0.15, -0.1) is 0 Å². The van der Waals surface area contributed by atoms with Gasteiger partial charge in [-0.1, -0.05) is 6.58 Å². The second-order valence-electron chi connectivity index (χ2n) is 3.24. The Morgan fingerprint density at radius 2 is 2.00 bits per heavy atom. The lowest BCUT2D eigenvalue weighted by molar-refractivity contribution is -0.671. The number of pyridine rings is 1. The van der Waals surface area contributed by atoms with Gasteiger partial charge in [0.25, 0.3) is 0 Å². The zero-order valence-corrected chi connectivity index (χ0v) is 8.22. The maximum absolute atomic E-state index is 3.76. The molecule has 0 radical (unpaired) electrons. The van der Waals surface area contributed by atoms with Crippen LogP contribution in [0, 0.1) is 0 Å². The monoisotopic (exact) mass is 185 g/mol. The van der Waals surface area contributed by atoms with Crippen LogP contribution in [0.1, 0.15) is 0 Å². The minimum Gasteiger partial charge on any atom is -0.324 e. The maximum atomic E-state index is 3.76. The van der Waals surface area contributed by atoms with Crippen LogP contribution in [-0.4, -0.2) is 4.57 Å². The molecule has 0 spiro atoms. The Morgan fingerprint density at radius 1 is 1.29 bits per heavy atom. The summed E-state index contributed by atoms with van der Waals surface area (Å²) in [5.74, 6) is 0. The first-order chi connectivity index (χ1) is 6.81. The van der Waals surface area contributed by atoms with E-state index in [1.54, 1.807) is 0 Å². The Labute approximate surface area is 83.7 Å². The number of hydrogen-bond donors (Lipinski definition) is 0. The molecular weight excluding hydrogens is 172 g/mol. The molecule has 70 valence electrons. The third kappa shape index (κ3) is 1.46. The van der Waals surface area contributed by atoms with E-state index >= 15 is 0 Å². The van der Waals surface area contributed by atoms with Crippen LogP contribution < -0.4 is 4.57 Å². The molecule has 2 nitrogen and oxygen atoms in total. The predicted octanol–water partition coefficient (Wildman–Crippen LogP) is 2.08. The molecule has 0 fully saturated rings. The van der Waals surface area contributed by atoms with E-state index in [1.165, 1.54) is 11.3 Å². The Bertz CT molecular complexity index is 438. The van der Waals surface area contributed by atoms with Crippen LogP contribution in [0.15, 0.2) is 49.4 Å². The summed E-state index contributed by atoms with van der Waals surface area (Å²) in [5.41, 5.74) is 2.37. The van der Waals surface area contributed by atoms with E-state index in [-0.39, 0.29) is 0 Å². The average Bonchev–Trinajstić information content (AvgIpc) is 2.67. The number of aryl methyl sites for hydroxylation is 1. The van der Waals surface area contributed by atoms with Crippen molar-refractivity contribution in [2.45, 2.75) is 0 Å². The van der Waals surface area contributed by atoms with Crippen LogP contribution in [0.2, 0.25) is 0 Å². The van der Waals surface area contributed by atoms with E-state index in [9.17, 15) is 0 Å². The largest absolute Gasteiger partial charge is 0.324 e. The molecule has 0 aliphatic carbocycles. The van der Waals surface area contributed by atoms with Gasteiger partial charge in [0, 0.05) is 30.1 Å². The first-order valence-corrected chi connectivity index (χ1v) is 4.56. The summed E-state index contributed by atoms with van der Waals surface area (Å²) in [7, 11) is 2.01. The lowest BCUT2D eigenvalue weighted by atomic mass is 10.2. The molecule has 2 aromatic heterocycles. The van der Waals surface area contributed by atoms with Gasteiger partial charge >= 0.3 is 0 Å². The van der Waals surface area contributed by atoms with Crippen molar-refractivity contribution < 1.29 is 4.57 Å². The van der Waals surface area contributed by atoms with Gasteiger partial charge in [-0.25, -0.2) is 4.57 Å². The van der Waals surface area contributed by atoms with Gasteiger partial charge in [-0.2, -0.15) is 0 Å². The standard InChI is InChI=1S/C12H13N2/c1-3-14-8-4-5-12(14)11-6-9-13(2)10-7-11/h3-10H,1H2,2H3/q+1. The molecule has 2 rings (SSSR count). The number of rotatable bonds is 2. The Hall–Kier alpha value is -1.83. The molecule has 0 saturated heterocycles. The fourth-order valence-electron chi connectivity index (χ4n) is 1.47. The Morgan fingerprint density at radius 3 is 2.64 bits per heavy atom. The highest BCUT2D eigenvalue weighted by atomic mass is 14.9. The van der Waals surface area contributed by atoms with E-state index in [4.69, 9.17) is 0 Å². The zero-order chi connectivity index (χ0) is 9.97. The molecule has 0 amide bonds. The van der Waals surface area contributed by atoms with Crippen LogP contribution in [0.25, 0.3) is 17.5 Å². The predicted molar refractivity (Wildman–Crippen MR) is 57.4 cm³/mol. The number of aromatic nitrogens is 2. The molecule has 14 heavy (non-hydrogen) atoms. The molecule has 0 saturated carbocycles. The minimum atomic E-state index is 1.17. The van der Waals surface area contributed by atoms with E-state index in [0.717, 1.165) is 0 Å². The molecular formula is C12H13N2+. The average molecular weight is 185 g/mol. The normalized spacial score (nSPS) is 10.1. The first kappa shape index (κ1) is 8.75. The first-order valence-electron chi connectivity index (χ1n) is 4.56. The zero-order valence-electron chi connectivity index (χ0n) is 8.22. The van der Waals surface area contributed by atoms with Crippen molar-refractivity contribution in [2.24, 2.45) is 7.05 Å². The lowest BCUT2D eigenvalue weighted by Crippen LogP contribution is -2.25. The second kappa shape index (κ2) is 3.50. The molecule has 0 bridgehead atoms. The molecule has 0 N–H and O–H groups in total. The van der Waals surface area contributed by atoms with E-state index < -0.39 is 0 Å². The highest BCUT2D eigenvalue weighted by Gasteiger charge is 2.02. The van der Waals surface area contributed by atoms with Gasteiger partial charge < -0.3 is 4.57 Å². The number of hydrogen-bond acceptors (Lipinski definition) is 0. The third-order valence-electron chi connectivity index (χ3n) is 2.25. The summed E-state index contributed by atoms with van der Waals surface area (Å²) in [4.78, 5) is 0. The van der Waals surface area contributed by atoms with Crippen molar-refractivity contribution in [1.82, 2.24) is 4.57 Å². The van der Waals surface area contributed by atoms with Crippen molar-refractivity contribution in [3.05, 3.63) is 49.4 Å². The van der Waals surface area contributed by atoms with Crippen molar-refractivity contribution in [3.63, 3.8) is 0 Å². The summed E-state index contributed by atoms with van der Waals surface area (Å²) in [5, 5.41) is 0. The van der Waals surface area contributed by atoms with E-state index in [2.05, 4.69) is 24.8 Å². The van der Waals surface area contributed by atoms with E-state index in [1.807, 2.05) is 47.0 Å². The van der Waals surface area contributed by atoms with Gasteiger partial charge in [0.2, 0.25) is 0 Å². The van der Waals surface area contributed by atoms with Gasteiger partial charge in [0.15, 0.2) is 12.4 Å². The Balaban J connectivity index is 2.49. The van der Waals surface area contributed by atoms with Crippen LogP contribution >= 0.6 is 0 Å². The van der Waals surface area contributed by atoms with Crippen molar-refractivity contribution in [3.8, 4) is 11.3 Å². The smallest absolute Gasteiger partial charge is 0.169 e. The summed E-state index contributed by atoms with van der Waals surface area (Å²) in [6, 6.07) is 8.28. The van der Waals surface area contributed by atoms with E-state index in [0.29, 0.717) is 0 Å². The van der Waals surface area contributed by atoms with Gasteiger partial charge in [-0.3, -0.25) is 0 Å². The third-order valence-corrected chi connectivity index (χ3v) is 2.25. The molecule has 2 aromatic rings. The summed E-state index contributed by atoms with van der Waals surface area (Å²) >= 11 is 0. The summed E-state index contributed by atoms with van der Waals surface area (Å²) < 4.78 is 4.03. The SMILES string of the molecule is C=Cn1cccc1-c1cc[n+](C)cc1. The molecule has 2 heteroatoms. The van der Waals surface area contributed by atoms with Crippen molar-refractivity contribution >= 4 is 6.20 Å². The molecule has 0 aromatic carbocycles. The van der Waals surface area contributed by atoms with Gasteiger partial charge in [0.05, 0.1) is 5.69 Å². The fraction of sp³-hybridized carbons (Fsp3) is 0.0833. The topological polar surface area (TPSA) is 8.81 Å². The summed E-state index contributed by atoms with van der Waals surface area (Å²) in [6.45, 7) is 3.76. The molecule has 0 atom stereocenters. The van der Waals surface area contributed by atoms with Gasteiger partial charge in [-0.05, 0) is 12.1 Å². The van der Waals surface area contributed by atoms with Crippen LogP contribution in [0.5, 0.6) is 0 Å². The van der Waals surface area contributed by atoms with Crippen LogP contribution in [0.4, 0.5) is 0 Å². The minimum absolute atomic E-state index is 1.17. The molecule has 0 unspecified atom stereocenters. The highest BCUT2D eigenvalue weighted by Crippen LogP contribution is 2.18. The Kier molecular flexibility index (Phi) is 2.19. The second-order valence-corrected chi connectivity index (χ2v) is 3.24.